The maximum absolute atomic E-state index is 2.37. The molecule has 0 heteroatoms. The van der Waals surface area contributed by atoms with Crippen LogP contribution in [0, 0.1) is 17.8 Å². The van der Waals surface area contributed by atoms with Crippen molar-refractivity contribution in [1.29, 1.82) is 0 Å². The lowest BCUT2D eigenvalue weighted by Gasteiger charge is -2.30. The van der Waals surface area contributed by atoms with Crippen molar-refractivity contribution >= 4 is 0 Å². The minimum Gasteiger partial charge on any atom is -0.0917 e. The number of hydrogen-bond donors (Lipinski definition) is 0. The van der Waals surface area contributed by atoms with E-state index < -0.39 is 0 Å². The molecule has 0 saturated heterocycles. The van der Waals surface area contributed by atoms with Crippen molar-refractivity contribution in [2.45, 2.75) is 52.9 Å². The van der Waals surface area contributed by atoms with Gasteiger partial charge in [-0.05, 0) is 56.8 Å². The van der Waals surface area contributed by atoms with Crippen LogP contribution in [-0.2, 0) is 0 Å². The van der Waals surface area contributed by atoms with E-state index in [-0.39, 0.29) is 0 Å². The summed E-state index contributed by atoms with van der Waals surface area (Å²) in [5, 5.41) is 0. The van der Waals surface area contributed by atoms with Crippen LogP contribution >= 0.6 is 0 Å². The molecule has 1 saturated carbocycles. The minimum absolute atomic E-state index is 0.905. The Morgan fingerprint density at radius 3 is 2.23 bits per heavy atom. The summed E-state index contributed by atoms with van der Waals surface area (Å²) in [6.45, 7) is 6.87. The Balaban J connectivity index is 2.22. The fourth-order valence-corrected chi connectivity index (χ4v) is 2.42. The van der Waals surface area contributed by atoms with Gasteiger partial charge in [0, 0.05) is 0 Å². The Kier molecular flexibility index (Phi) is 4.55. The second-order valence-corrected chi connectivity index (χ2v) is 4.83. The molecule has 1 aliphatic carbocycles. The summed E-state index contributed by atoms with van der Waals surface area (Å²) >= 11 is 0. The number of hydrogen-bond acceptors (Lipinski definition) is 0. The van der Waals surface area contributed by atoms with Gasteiger partial charge in [0.1, 0.15) is 0 Å². The Hall–Kier alpha value is -0.260. The zero-order chi connectivity index (χ0) is 9.68. The molecule has 0 nitrogen and oxygen atoms in total. The van der Waals surface area contributed by atoms with Crippen molar-refractivity contribution in [2.24, 2.45) is 17.8 Å². The molecule has 0 radical (unpaired) electrons. The van der Waals surface area contributed by atoms with Crippen LogP contribution < -0.4 is 0 Å². The average Bonchev–Trinajstić information content (AvgIpc) is 2.15. The first-order chi connectivity index (χ1) is 6.24. The van der Waals surface area contributed by atoms with Crippen molar-refractivity contribution in [3.05, 3.63) is 12.2 Å². The third kappa shape index (κ3) is 3.54. The molecule has 0 atom stereocenters. The first-order valence-corrected chi connectivity index (χ1v) is 5.85. The van der Waals surface area contributed by atoms with E-state index in [0.29, 0.717) is 0 Å². The molecule has 1 fully saturated rings. The summed E-state index contributed by atoms with van der Waals surface area (Å²) < 4.78 is 0. The summed E-state index contributed by atoms with van der Waals surface area (Å²) in [4.78, 5) is 0. The monoisotopic (exact) mass is 180 g/mol. The molecular weight excluding hydrogens is 156 g/mol. The predicted octanol–water partition coefficient (Wildman–Crippen LogP) is 4.42. The van der Waals surface area contributed by atoms with Crippen LogP contribution in [-0.4, -0.2) is 0 Å². The topological polar surface area (TPSA) is 0 Å². The van der Waals surface area contributed by atoms with Crippen LogP contribution in [0.3, 0.4) is 0 Å². The van der Waals surface area contributed by atoms with Gasteiger partial charge in [0.15, 0.2) is 0 Å². The molecule has 0 aromatic rings. The second kappa shape index (κ2) is 5.47. The molecule has 0 unspecified atom stereocenters. The molecule has 0 aliphatic heterocycles. The van der Waals surface area contributed by atoms with Crippen LogP contribution in [0.1, 0.15) is 52.9 Å². The highest BCUT2D eigenvalue weighted by atomic mass is 14.3. The van der Waals surface area contributed by atoms with Crippen molar-refractivity contribution in [3.8, 4) is 0 Å². The predicted molar refractivity (Wildman–Crippen MR) is 59.7 cm³/mol. The second-order valence-electron chi connectivity index (χ2n) is 4.83. The Morgan fingerprint density at radius 2 is 1.77 bits per heavy atom. The van der Waals surface area contributed by atoms with Gasteiger partial charge in [-0.25, -0.2) is 0 Å². The first kappa shape index (κ1) is 10.8. The van der Waals surface area contributed by atoms with E-state index in [1.165, 1.54) is 32.1 Å². The summed E-state index contributed by atoms with van der Waals surface area (Å²) in [6, 6.07) is 0. The normalized spacial score (nSPS) is 30.2. The van der Waals surface area contributed by atoms with Gasteiger partial charge in [0.2, 0.25) is 0 Å². The lowest BCUT2D eigenvalue weighted by Crippen LogP contribution is -2.18. The Bertz CT molecular complexity index is 147. The first-order valence-electron chi connectivity index (χ1n) is 5.85. The Labute approximate surface area is 83.4 Å². The van der Waals surface area contributed by atoms with Gasteiger partial charge in [0.25, 0.3) is 0 Å². The van der Waals surface area contributed by atoms with E-state index in [0.717, 1.165) is 17.8 Å². The van der Waals surface area contributed by atoms with Crippen molar-refractivity contribution in [1.82, 2.24) is 0 Å². The lowest BCUT2D eigenvalue weighted by molar-refractivity contribution is 0.225. The zero-order valence-corrected chi connectivity index (χ0v) is 9.42. The molecule has 0 aromatic heterocycles. The highest BCUT2D eigenvalue weighted by molar-refractivity contribution is 4.83. The zero-order valence-electron chi connectivity index (χ0n) is 9.42. The van der Waals surface area contributed by atoms with Gasteiger partial charge >= 0.3 is 0 Å². The van der Waals surface area contributed by atoms with E-state index in [9.17, 15) is 0 Å². The van der Waals surface area contributed by atoms with Gasteiger partial charge in [0.05, 0.1) is 0 Å². The molecule has 0 bridgehead atoms. The third-order valence-electron chi connectivity index (χ3n) is 3.54. The molecule has 0 spiro atoms. The molecule has 13 heavy (non-hydrogen) atoms. The summed E-state index contributed by atoms with van der Waals surface area (Å²) in [5.74, 6) is 2.91. The van der Waals surface area contributed by atoms with E-state index >= 15 is 0 Å². The molecule has 0 N–H and O–H groups in total. The van der Waals surface area contributed by atoms with Gasteiger partial charge in [-0.1, -0.05) is 26.0 Å². The van der Waals surface area contributed by atoms with E-state index in [1.54, 1.807) is 0 Å². The van der Waals surface area contributed by atoms with Gasteiger partial charge in [-0.15, -0.1) is 0 Å². The highest BCUT2D eigenvalue weighted by Gasteiger charge is 2.21. The molecule has 0 amide bonds. The summed E-state index contributed by atoms with van der Waals surface area (Å²) in [7, 11) is 0. The fourth-order valence-electron chi connectivity index (χ4n) is 2.42. The highest BCUT2D eigenvalue weighted by Crippen LogP contribution is 2.34. The molecule has 0 heterocycles. The van der Waals surface area contributed by atoms with Crippen LogP contribution in [0.2, 0.25) is 0 Å². The smallest absolute Gasteiger partial charge is 0.0322 e. The standard InChI is InChI=1S/C13H24/c1-4-5-6-12-7-9-13(10-8-12)11(2)3/h4-5,11-13H,6-10H2,1-3H3. The Morgan fingerprint density at radius 1 is 1.15 bits per heavy atom. The molecular formula is C13H24. The molecule has 76 valence electrons. The van der Waals surface area contributed by atoms with Gasteiger partial charge in [-0.2, -0.15) is 0 Å². The summed E-state index contributed by atoms with van der Waals surface area (Å²) in [6.07, 6.45) is 11.7. The van der Waals surface area contributed by atoms with Crippen molar-refractivity contribution < 1.29 is 0 Å². The number of allylic oxidation sites excluding steroid dienone is 2. The summed E-state index contributed by atoms with van der Waals surface area (Å²) in [5.41, 5.74) is 0. The van der Waals surface area contributed by atoms with Crippen LogP contribution in [0.15, 0.2) is 12.2 Å². The van der Waals surface area contributed by atoms with E-state index in [4.69, 9.17) is 0 Å². The molecule has 0 aromatic carbocycles. The van der Waals surface area contributed by atoms with Crippen LogP contribution in [0.5, 0.6) is 0 Å². The largest absolute Gasteiger partial charge is 0.0917 e. The van der Waals surface area contributed by atoms with Gasteiger partial charge < -0.3 is 0 Å². The van der Waals surface area contributed by atoms with Crippen molar-refractivity contribution in [2.75, 3.05) is 0 Å². The average molecular weight is 180 g/mol. The lowest BCUT2D eigenvalue weighted by atomic mass is 9.76. The fraction of sp³-hybridized carbons (Fsp3) is 0.846. The van der Waals surface area contributed by atoms with Crippen LogP contribution in [0.4, 0.5) is 0 Å². The number of rotatable bonds is 3. The van der Waals surface area contributed by atoms with Gasteiger partial charge in [-0.3, -0.25) is 0 Å². The molecule has 1 rings (SSSR count). The van der Waals surface area contributed by atoms with Crippen LogP contribution in [0.25, 0.3) is 0 Å². The van der Waals surface area contributed by atoms with E-state index in [1.807, 2.05) is 0 Å². The maximum Gasteiger partial charge on any atom is -0.0322 e. The van der Waals surface area contributed by atoms with Crippen molar-refractivity contribution in [3.63, 3.8) is 0 Å². The third-order valence-corrected chi connectivity index (χ3v) is 3.54. The SMILES string of the molecule is CC=CCC1CCC(C(C)C)CC1. The quantitative estimate of drug-likeness (QED) is 0.564. The minimum atomic E-state index is 0.905. The van der Waals surface area contributed by atoms with E-state index in [2.05, 4.69) is 32.9 Å². The maximum atomic E-state index is 2.37. The molecule has 1 aliphatic rings.